The minimum absolute atomic E-state index is 0.207. The van der Waals surface area contributed by atoms with Crippen molar-refractivity contribution in [3.63, 3.8) is 0 Å². The molecular weight excluding hydrogens is 268 g/mol. The summed E-state index contributed by atoms with van der Waals surface area (Å²) in [5.41, 5.74) is 0.707. The lowest BCUT2D eigenvalue weighted by Crippen LogP contribution is -2.18. The first kappa shape index (κ1) is 13.8. The lowest BCUT2D eigenvalue weighted by molar-refractivity contribution is -0.140. The second-order valence-electron chi connectivity index (χ2n) is 5.40. The van der Waals surface area contributed by atoms with Crippen LogP contribution >= 0.6 is 11.6 Å². The molecule has 2 rings (SSSR count). The number of carboxylic acids is 1. The molecule has 1 aromatic heterocycles. The first-order chi connectivity index (χ1) is 8.76. The summed E-state index contributed by atoms with van der Waals surface area (Å²) in [6.45, 7) is 5.34. The molecule has 0 unspecified atom stereocenters. The van der Waals surface area contributed by atoms with Crippen LogP contribution in [-0.2, 0) is 9.59 Å². The predicted octanol–water partition coefficient (Wildman–Crippen LogP) is 2.34. The fraction of sp³-hybridized carbons (Fsp3) is 0.462. The number of amides is 1. The highest BCUT2D eigenvalue weighted by atomic mass is 35.5. The van der Waals surface area contributed by atoms with E-state index in [2.05, 4.69) is 10.3 Å². The molecule has 1 aromatic rings. The number of anilines is 1. The van der Waals surface area contributed by atoms with Gasteiger partial charge in [0.05, 0.1) is 17.5 Å². The summed E-state index contributed by atoms with van der Waals surface area (Å²) < 4.78 is 0. The van der Waals surface area contributed by atoms with Gasteiger partial charge >= 0.3 is 5.97 Å². The Balaban J connectivity index is 2.18. The molecule has 1 aliphatic carbocycles. The van der Waals surface area contributed by atoms with Crippen LogP contribution in [0.15, 0.2) is 12.3 Å². The summed E-state index contributed by atoms with van der Waals surface area (Å²) in [5, 5.41) is 12.0. The lowest BCUT2D eigenvalue weighted by Gasteiger charge is -2.09. The van der Waals surface area contributed by atoms with Gasteiger partial charge < -0.3 is 10.4 Å². The molecule has 1 fully saturated rings. The standard InChI is InChI=1S/C13H15ClN2O3/c1-6-4-5-15-10(14)9(6)16-11(17)7-8(12(18)19)13(7,2)3/h4-5,7-8H,1-3H3,(H,16,17)(H,18,19)/t7-,8+/m1/s1. The Morgan fingerprint density at radius 3 is 2.53 bits per heavy atom. The summed E-state index contributed by atoms with van der Waals surface area (Å²) in [4.78, 5) is 27.1. The molecule has 1 amide bonds. The van der Waals surface area contributed by atoms with Crippen LogP contribution in [0, 0.1) is 24.2 Å². The molecule has 0 spiro atoms. The van der Waals surface area contributed by atoms with E-state index in [-0.39, 0.29) is 11.1 Å². The van der Waals surface area contributed by atoms with Crippen LogP contribution in [0.5, 0.6) is 0 Å². The number of aliphatic carboxylic acids is 1. The van der Waals surface area contributed by atoms with E-state index < -0.39 is 23.2 Å². The molecule has 1 heterocycles. The van der Waals surface area contributed by atoms with Crippen LogP contribution in [0.3, 0.4) is 0 Å². The fourth-order valence-electron chi connectivity index (χ4n) is 2.46. The molecular formula is C13H15ClN2O3. The van der Waals surface area contributed by atoms with Crippen molar-refractivity contribution in [3.05, 3.63) is 23.0 Å². The SMILES string of the molecule is Cc1ccnc(Cl)c1NC(=O)[C@H]1[C@@H](C(=O)O)C1(C)C. The van der Waals surface area contributed by atoms with Gasteiger partial charge in [-0.2, -0.15) is 0 Å². The number of nitrogens with zero attached hydrogens (tertiary/aromatic N) is 1. The van der Waals surface area contributed by atoms with Crippen molar-refractivity contribution in [2.75, 3.05) is 5.32 Å². The Morgan fingerprint density at radius 2 is 2.05 bits per heavy atom. The largest absolute Gasteiger partial charge is 0.481 e. The zero-order valence-corrected chi connectivity index (χ0v) is 11.7. The average molecular weight is 283 g/mol. The molecule has 0 bridgehead atoms. The van der Waals surface area contributed by atoms with Gasteiger partial charge in [-0.3, -0.25) is 9.59 Å². The Bertz CT molecular complexity index is 537. The number of carboxylic acid groups (broad SMARTS) is 1. The maximum absolute atomic E-state index is 12.1. The third-order valence-corrected chi connectivity index (χ3v) is 4.02. The van der Waals surface area contributed by atoms with Crippen molar-refractivity contribution >= 4 is 29.2 Å². The zero-order valence-electron chi connectivity index (χ0n) is 10.9. The van der Waals surface area contributed by atoms with Gasteiger partial charge in [0.15, 0.2) is 5.15 Å². The van der Waals surface area contributed by atoms with Gasteiger partial charge in [0.2, 0.25) is 5.91 Å². The molecule has 0 aromatic carbocycles. The summed E-state index contributed by atoms with van der Waals surface area (Å²) in [5.74, 6) is -2.46. The lowest BCUT2D eigenvalue weighted by atomic mass is 10.1. The van der Waals surface area contributed by atoms with Crippen molar-refractivity contribution in [2.45, 2.75) is 20.8 Å². The maximum Gasteiger partial charge on any atom is 0.307 e. The topological polar surface area (TPSA) is 79.3 Å². The summed E-state index contributed by atoms with van der Waals surface area (Å²) >= 11 is 5.93. The molecule has 2 atom stereocenters. The molecule has 1 aliphatic rings. The van der Waals surface area contributed by atoms with Crippen molar-refractivity contribution in [3.8, 4) is 0 Å². The van der Waals surface area contributed by atoms with Gasteiger partial charge in [0.25, 0.3) is 0 Å². The Kier molecular flexibility index (Phi) is 3.26. The molecule has 5 nitrogen and oxygen atoms in total. The predicted molar refractivity (Wildman–Crippen MR) is 71.0 cm³/mol. The van der Waals surface area contributed by atoms with E-state index in [0.29, 0.717) is 5.69 Å². The summed E-state index contributed by atoms with van der Waals surface area (Å²) in [6.07, 6.45) is 1.55. The van der Waals surface area contributed by atoms with Crippen LogP contribution in [0.2, 0.25) is 5.15 Å². The molecule has 0 saturated heterocycles. The number of carbonyl (C=O) groups excluding carboxylic acids is 1. The third-order valence-electron chi connectivity index (χ3n) is 3.74. The monoisotopic (exact) mass is 282 g/mol. The second-order valence-corrected chi connectivity index (χ2v) is 5.76. The fourth-order valence-corrected chi connectivity index (χ4v) is 2.72. The highest BCUT2D eigenvalue weighted by molar-refractivity contribution is 6.32. The molecule has 0 radical (unpaired) electrons. The van der Waals surface area contributed by atoms with E-state index in [9.17, 15) is 9.59 Å². The number of aryl methyl sites for hydroxylation is 1. The molecule has 2 N–H and O–H groups in total. The van der Waals surface area contributed by atoms with Crippen LogP contribution in [0.25, 0.3) is 0 Å². The summed E-state index contributed by atoms with van der Waals surface area (Å²) in [6, 6.07) is 1.73. The van der Waals surface area contributed by atoms with Crippen molar-refractivity contribution < 1.29 is 14.7 Å². The Morgan fingerprint density at radius 1 is 1.42 bits per heavy atom. The van der Waals surface area contributed by atoms with Gasteiger partial charge in [-0.1, -0.05) is 25.4 Å². The number of halogens is 1. The zero-order chi connectivity index (χ0) is 14.4. The van der Waals surface area contributed by atoms with Crippen LogP contribution in [-0.4, -0.2) is 22.0 Å². The van der Waals surface area contributed by atoms with E-state index in [1.54, 1.807) is 33.0 Å². The number of nitrogens with one attached hydrogen (secondary N) is 1. The number of pyridine rings is 1. The smallest absolute Gasteiger partial charge is 0.307 e. The van der Waals surface area contributed by atoms with Gasteiger partial charge in [-0.05, 0) is 24.0 Å². The Hall–Kier alpha value is -1.62. The van der Waals surface area contributed by atoms with E-state index in [1.807, 2.05) is 0 Å². The van der Waals surface area contributed by atoms with Gasteiger partial charge in [0.1, 0.15) is 0 Å². The van der Waals surface area contributed by atoms with Gasteiger partial charge in [-0.25, -0.2) is 4.98 Å². The number of carbonyl (C=O) groups is 2. The minimum Gasteiger partial charge on any atom is -0.481 e. The van der Waals surface area contributed by atoms with Gasteiger partial charge in [0, 0.05) is 6.20 Å². The number of aromatic nitrogens is 1. The number of hydrogen-bond donors (Lipinski definition) is 2. The highest BCUT2D eigenvalue weighted by Crippen LogP contribution is 2.58. The van der Waals surface area contributed by atoms with Crippen LogP contribution in [0.1, 0.15) is 19.4 Å². The second kappa shape index (κ2) is 4.49. The van der Waals surface area contributed by atoms with Gasteiger partial charge in [-0.15, -0.1) is 0 Å². The first-order valence-corrected chi connectivity index (χ1v) is 6.29. The molecule has 19 heavy (non-hydrogen) atoms. The first-order valence-electron chi connectivity index (χ1n) is 5.91. The van der Waals surface area contributed by atoms with Crippen LogP contribution < -0.4 is 5.32 Å². The molecule has 102 valence electrons. The molecule has 1 saturated carbocycles. The van der Waals surface area contributed by atoms with E-state index >= 15 is 0 Å². The van der Waals surface area contributed by atoms with Crippen molar-refractivity contribution in [1.82, 2.24) is 4.98 Å². The van der Waals surface area contributed by atoms with Crippen molar-refractivity contribution in [2.24, 2.45) is 17.3 Å². The Labute approximate surface area is 116 Å². The van der Waals surface area contributed by atoms with E-state index in [0.717, 1.165) is 5.56 Å². The van der Waals surface area contributed by atoms with Crippen LogP contribution in [0.4, 0.5) is 5.69 Å². The number of hydrogen-bond acceptors (Lipinski definition) is 3. The number of rotatable bonds is 3. The van der Waals surface area contributed by atoms with Crippen molar-refractivity contribution in [1.29, 1.82) is 0 Å². The van der Waals surface area contributed by atoms with E-state index in [4.69, 9.17) is 16.7 Å². The quantitative estimate of drug-likeness (QED) is 0.834. The minimum atomic E-state index is -0.945. The normalized spacial score (nSPS) is 23.8. The van der Waals surface area contributed by atoms with E-state index in [1.165, 1.54) is 0 Å². The molecule has 0 aliphatic heterocycles. The maximum atomic E-state index is 12.1. The highest BCUT2D eigenvalue weighted by Gasteiger charge is 2.65. The molecule has 6 heteroatoms. The summed E-state index contributed by atoms with van der Waals surface area (Å²) in [7, 11) is 0. The average Bonchev–Trinajstić information content (AvgIpc) is 2.87. The third kappa shape index (κ3) is 2.30.